The molecule has 0 spiro atoms. The molecular weight excluding hydrogens is 375 g/mol. The highest BCUT2D eigenvalue weighted by Gasteiger charge is 2.24. The van der Waals surface area contributed by atoms with E-state index in [1.54, 1.807) is 0 Å². The summed E-state index contributed by atoms with van der Waals surface area (Å²) < 4.78 is 41.6. The first-order valence-corrected chi connectivity index (χ1v) is 8.39. The van der Waals surface area contributed by atoms with Gasteiger partial charge in [0.1, 0.15) is 17.3 Å². The largest absolute Gasteiger partial charge is 0.435 e. The van der Waals surface area contributed by atoms with Gasteiger partial charge in [-0.05, 0) is 42.0 Å². The Balaban J connectivity index is 1.66. The third-order valence-electron chi connectivity index (χ3n) is 3.95. The minimum Gasteiger partial charge on any atom is -0.435 e. The molecule has 2 aromatic carbocycles. The molecule has 1 N–H and O–H groups in total. The van der Waals surface area contributed by atoms with Crippen LogP contribution in [0.5, 0.6) is 5.75 Å². The average Bonchev–Trinajstić information content (AvgIpc) is 2.66. The second-order valence-electron chi connectivity index (χ2n) is 5.98. The van der Waals surface area contributed by atoms with Crippen LogP contribution in [0.1, 0.15) is 18.4 Å². The van der Waals surface area contributed by atoms with Gasteiger partial charge in [0, 0.05) is 18.5 Å². The van der Waals surface area contributed by atoms with E-state index in [0.29, 0.717) is 11.3 Å². The number of carbonyl (C=O) groups is 2. The summed E-state index contributed by atoms with van der Waals surface area (Å²) in [6.07, 6.45) is 0.297. The Morgan fingerprint density at radius 3 is 2.43 bits per heavy atom. The molecule has 1 aliphatic heterocycles. The van der Waals surface area contributed by atoms with E-state index in [2.05, 4.69) is 15.2 Å². The van der Waals surface area contributed by atoms with Gasteiger partial charge in [-0.3, -0.25) is 9.59 Å². The Morgan fingerprint density at radius 1 is 1.11 bits per heavy atom. The average molecular weight is 391 g/mol. The molecule has 146 valence electrons. The number of amides is 2. The van der Waals surface area contributed by atoms with E-state index in [-0.39, 0.29) is 42.6 Å². The molecule has 0 bridgehead atoms. The number of alkyl halides is 2. The minimum atomic E-state index is -2.93. The quantitative estimate of drug-likeness (QED) is 0.819. The van der Waals surface area contributed by atoms with E-state index >= 15 is 0 Å². The van der Waals surface area contributed by atoms with Crippen LogP contribution in [-0.4, -0.2) is 29.1 Å². The van der Waals surface area contributed by atoms with Crippen molar-refractivity contribution in [2.45, 2.75) is 26.0 Å². The monoisotopic (exact) mass is 391 g/mol. The molecule has 2 aromatic rings. The fraction of sp³-hybridized carbons (Fsp3) is 0.211. The van der Waals surface area contributed by atoms with Crippen molar-refractivity contribution in [1.82, 2.24) is 5.01 Å². The summed E-state index contributed by atoms with van der Waals surface area (Å²) >= 11 is 0. The van der Waals surface area contributed by atoms with Gasteiger partial charge in [-0.2, -0.15) is 13.9 Å². The summed E-state index contributed by atoms with van der Waals surface area (Å²) in [5.41, 5.74) is 1.21. The van der Waals surface area contributed by atoms with Gasteiger partial charge < -0.3 is 10.1 Å². The van der Waals surface area contributed by atoms with Crippen molar-refractivity contribution < 1.29 is 27.5 Å². The lowest BCUT2D eigenvalue weighted by molar-refractivity contribution is -0.132. The Kier molecular flexibility index (Phi) is 5.93. The molecule has 0 atom stereocenters. The summed E-state index contributed by atoms with van der Waals surface area (Å²) in [7, 11) is 0. The van der Waals surface area contributed by atoms with Crippen LogP contribution in [-0.2, 0) is 16.1 Å². The first kappa shape index (κ1) is 19.4. The summed E-state index contributed by atoms with van der Waals surface area (Å²) in [4.78, 5) is 24.5. The Morgan fingerprint density at radius 2 is 1.79 bits per heavy atom. The molecule has 9 heteroatoms. The normalized spacial score (nSPS) is 14.1. The number of anilines is 1. The number of carbonyl (C=O) groups excluding carboxylic acids is 2. The van der Waals surface area contributed by atoms with Gasteiger partial charge in [-0.1, -0.05) is 12.1 Å². The van der Waals surface area contributed by atoms with Crippen molar-refractivity contribution in [2.75, 3.05) is 5.32 Å². The lowest BCUT2D eigenvalue weighted by Crippen LogP contribution is -2.36. The first-order chi connectivity index (χ1) is 13.4. The van der Waals surface area contributed by atoms with Crippen LogP contribution in [0.25, 0.3) is 0 Å². The van der Waals surface area contributed by atoms with Crippen molar-refractivity contribution in [1.29, 1.82) is 0 Å². The van der Waals surface area contributed by atoms with Crippen molar-refractivity contribution in [3.63, 3.8) is 0 Å². The van der Waals surface area contributed by atoms with Crippen molar-refractivity contribution in [3.05, 3.63) is 59.9 Å². The molecule has 2 amide bonds. The zero-order valence-electron chi connectivity index (χ0n) is 14.6. The molecule has 0 aromatic heterocycles. The highest BCUT2D eigenvalue weighted by molar-refractivity contribution is 6.43. The molecular formula is C19H16F3N3O3. The molecule has 28 heavy (non-hydrogen) atoms. The fourth-order valence-electron chi connectivity index (χ4n) is 2.57. The second kappa shape index (κ2) is 8.55. The van der Waals surface area contributed by atoms with Gasteiger partial charge in [0.2, 0.25) is 5.91 Å². The van der Waals surface area contributed by atoms with Gasteiger partial charge in [0.15, 0.2) is 0 Å². The smallest absolute Gasteiger partial charge is 0.387 e. The van der Waals surface area contributed by atoms with E-state index < -0.39 is 12.5 Å². The van der Waals surface area contributed by atoms with E-state index in [0.717, 1.165) is 0 Å². The SMILES string of the molecule is O=C(Nc1ccc(OC(F)F)cc1)C1=NN(Cc2ccc(F)cc2)C(=O)CC1. The van der Waals surface area contributed by atoms with Gasteiger partial charge in [-0.25, -0.2) is 9.40 Å². The molecule has 6 nitrogen and oxygen atoms in total. The summed E-state index contributed by atoms with van der Waals surface area (Å²) in [6, 6.07) is 11.1. The van der Waals surface area contributed by atoms with Crippen molar-refractivity contribution in [2.24, 2.45) is 5.10 Å². The lowest BCUT2D eigenvalue weighted by Gasteiger charge is -2.23. The number of halogens is 3. The molecule has 0 radical (unpaired) electrons. The van der Waals surface area contributed by atoms with Crippen LogP contribution in [0.15, 0.2) is 53.6 Å². The number of hydrogen-bond acceptors (Lipinski definition) is 4. The number of nitrogens with one attached hydrogen (secondary N) is 1. The maximum absolute atomic E-state index is 13.0. The number of ether oxygens (including phenoxy) is 1. The highest BCUT2D eigenvalue weighted by atomic mass is 19.3. The van der Waals surface area contributed by atoms with Gasteiger partial charge >= 0.3 is 6.61 Å². The third kappa shape index (κ3) is 5.09. The topological polar surface area (TPSA) is 71.0 Å². The number of hydrazone groups is 1. The zero-order valence-corrected chi connectivity index (χ0v) is 14.6. The molecule has 3 rings (SSSR count). The summed E-state index contributed by atoms with van der Waals surface area (Å²) in [5, 5.41) is 7.87. The van der Waals surface area contributed by atoms with E-state index in [4.69, 9.17) is 0 Å². The van der Waals surface area contributed by atoms with Gasteiger partial charge in [0.05, 0.1) is 6.54 Å². The fourth-order valence-corrected chi connectivity index (χ4v) is 2.57. The molecule has 0 aliphatic carbocycles. The maximum Gasteiger partial charge on any atom is 0.387 e. The Labute approximate surface area is 158 Å². The van der Waals surface area contributed by atoms with Gasteiger partial charge in [0.25, 0.3) is 5.91 Å². The van der Waals surface area contributed by atoms with E-state index in [1.807, 2.05) is 0 Å². The molecule has 1 aliphatic rings. The Hall–Kier alpha value is -3.36. The predicted molar refractivity (Wildman–Crippen MR) is 95.3 cm³/mol. The maximum atomic E-state index is 13.0. The number of rotatable bonds is 6. The molecule has 0 fully saturated rings. The van der Waals surface area contributed by atoms with Gasteiger partial charge in [-0.15, -0.1) is 0 Å². The lowest BCUT2D eigenvalue weighted by atomic mass is 10.1. The van der Waals surface area contributed by atoms with Crippen LogP contribution in [0.4, 0.5) is 18.9 Å². The van der Waals surface area contributed by atoms with Crippen LogP contribution >= 0.6 is 0 Å². The molecule has 0 unspecified atom stereocenters. The third-order valence-corrected chi connectivity index (χ3v) is 3.95. The van der Waals surface area contributed by atoms with E-state index in [9.17, 15) is 22.8 Å². The molecule has 0 saturated carbocycles. The zero-order chi connectivity index (χ0) is 20.1. The number of benzene rings is 2. The molecule has 1 heterocycles. The Bertz CT molecular complexity index is 884. The second-order valence-corrected chi connectivity index (χ2v) is 5.98. The summed E-state index contributed by atoms with van der Waals surface area (Å²) in [5.74, 6) is -1.16. The van der Waals surface area contributed by atoms with Crippen molar-refractivity contribution in [3.8, 4) is 5.75 Å². The van der Waals surface area contributed by atoms with Crippen LogP contribution < -0.4 is 10.1 Å². The predicted octanol–water partition coefficient (Wildman–Crippen LogP) is 3.54. The standard InChI is InChI=1S/C19H16F3N3O3/c20-13-3-1-12(2-4-13)11-25-17(26)10-9-16(24-25)18(27)23-14-5-7-15(8-6-14)28-19(21)22/h1-8,19H,9-11H2,(H,23,27). The van der Waals surface area contributed by atoms with Crippen LogP contribution in [0.2, 0.25) is 0 Å². The highest BCUT2D eigenvalue weighted by Crippen LogP contribution is 2.19. The number of hydrogen-bond donors (Lipinski definition) is 1. The van der Waals surface area contributed by atoms with Crippen molar-refractivity contribution >= 4 is 23.2 Å². The first-order valence-electron chi connectivity index (χ1n) is 8.39. The summed E-state index contributed by atoms with van der Waals surface area (Å²) in [6.45, 7) is -2.81. The number of nitrogens with zero attached hydrogens (tertiary/aromatic N) is 2. The molecule has 0 saturated heterocycles. The van der Waals surface area contributed by atoms with Crippen LogP contribution in [0.3, 0.4) is 0 Å². The van der Waals surface area contributed by atoms with Crippen LogP contribution in [0, 0.1) is 5.82 Å². The minimum absolute atomic E-state index is 0.0286. The van der Waals surface area contributed by atoms with E-state index in [1.165, 1.54) is 53.5 Å².